The van der Waals surface area contributed by atoms with Crippen molar-refractivity contribution in [1.29, 1.82) is 0 Å². The number of allylic oxidation sites excluding steroid dienone is 1. The van der Waals surface area contributed by atoms with Crippen LogP contribution in [-0.2, 0) is 0 Å². The summed E-state index contributed by atoms with van der Waals surface area (Å²) in [5.41, 5.74) is 1.07. The first-order valence-electron chi connectivity index (χ1n) is 3.71. The van der Waals surface area contributed by atoms with Crippen LogP contribution in [0.15, 0.2) is 5.57 Å². The van der Waals surface area contributed by atoms with E-state index >= 15 is 0 Å². The van der Waals surface area contributed by atoms with Crippen LogP contribution in [0.4, 0.5) is 0 Å². The van der Waals surface area contributed by atoms with Crippen LogP contribution in [0.5, 0.6) is 0 Å². The van der Waals surface area contributed by atoms with E-state index in [9.17, 15) is 0 Å². The van der Waals surface area contributed by atoms with Crippen LogP contribution in [0.25, 0.3) is 0 Å². The molecule has 0 nitrogen and oxygen atoms in total. The Morgan fingerprint density at radius 2 is 2.00 bits per heavy atom. The zero-order valence-corrected chi connectivity index (χ0v) is 6.78. The highest BCUT2D eigenvalue weighted by molar-refractivity contribution is 4.83. The van der Waals surface area contributed by atoms with E-state index in [1.807, 2.05) is 6.92 Å². The molecule has 0 N–H and O–H groups in total. The van der Waals surface area contributed by atoms with Gasteiger partial charge in [-0.25, -0.2) is 0 Å². The van der Waals surface area contributed by atoms with Crippen molar-refractivity contribution in [1.82, 2.24) is 0 Å². The first kappa shape index (κ1) is 8.74. The molecule has 0 atom stereocenters. The summed E-state index contributed by atoms with van der Waals surface area (Å²) in [5.74, 6) is 0.823. The fraction of sp³-hybridized carbons (Fsp3) is 0.778. The van der Waals surface area contributed by atoms with Gasteiger partial charge in [0.2, 0.25) is 0 Å². The highest BCUT2D eigenvalue weighted by Gasteiger charge is 1.92. The van der Waals surface area contributed by atoms with Crippen LogP contribution < -0.4 is 0 Å². The maximum absolute atomic E-state index is 5.50. The van der Waals surface area contributed by atoms with Gasteiger partial charge in [-0.2, -0.15) is 0 Å². The molecule has 0 aromatic heterocycles. The van der Waals surface area contributed by atoms with Gasteiger partial charge in [0.1, 0.15) is 0 Å². The van der Waals surface area contributed by atoms with Crippen LogP contribution >= 0.6 is 0 Å². The van der Waals surface area contributed by atoms with E-state index in [2.05, 4.69) is 13.8 Å². The summed E-state index contributed by atoms with van der Waals surface area (Å²) in [6, 6.07) is 0. The molecule has 0 aliphatic rings. The molecule has 0 heteroatoms. The van der Waals surface area contributed by atoms with Gasteiger partial charge < -0.3 is 0 Å². The molecule has 0 rings (SSSR count). The molecule has 0 aliphatic carbocycles. The zero-order valence-electron chi connectivity index (χ0n) is 6.78. The molecule has 9 heavy (non-hydrogen) atoms. The van der Waals surface area contributed by atoms with E-state index in [4.69, 9.17) is 6.58 Å². The van der Waals surface area contributed by atoms with E-state index in [1.165, 1.54) is 12.8 Å². The van der Waals surface area contributed by atoms with Gasteiger partial charge in [-0.3, -0.25) is 0 Å². The van der Waals surface area contributed by atoms with Crippen LogP contribution in [0, 0.1) is 12.5 Å². The molecule has 0 aromatic carbocycles. The second-order valence-electron chi connectivity index (χ2n) is 3.13. The minimum Gasteiger partial charge on any atom is -0.0733 e. The Balaban J connectivity index is 3.01. The molecule has 0 aliphatic heterocycles. The first-order valence-corrected chi connectivity index (χ1v) is 3.71. The van der Waals surface area contributed by atoms with Crippen LogP contribution in [0.3, 0.4) is 0 Å². The van der Waals surface area contributed by atoms with Crippen molar-refractivity contribution in [3.63, 3.8) is 0 Å². The second kappa shape index (κ2) is 4.60. The first-order chi connectivity index (χ1) is 4.13. The second-order valence-corrected chi connectivity index (χ2v) is 3.13. The van der Waals surface area contributed by atoms with Crippen molar-refractivity contribution in [2.75, 3.05) is 0 Å². The Labute approximate surface area is 59.0 Å². The summed E-state index contributed by atoms with van der Waals surface area (Å²) in [4.78, 5) is 0. The average Bonchev–Trinajstić information content (AvgIpc) is 1.63. The summed E-state index contributed by atoms with van der Waals surface area (Å²) in [5, 5.41) is 0. The Kier molecular flexibility index (Phi) is 4.47. The van der Waals surface area contributed by atoms with Gasteiger partial charge in [0.05, 0.1) is 0 Å². The van der Waals surface area contributed by atoms with E-state index in [-0.39, 0.29) is 0 Å². The van der Waals surface area contributed by atoms with Crippen molar-refractivity contribution < 1.29 is 0 Å². The molecule has 0 heterocycles. The molecule has 0 unspecified atom stereocenters. The maximum Gasteiger partial charge on any atom is -0.0320 e. The molecule has 0 spiro atoms. The molecular weight excluding hydrogens is 108 g/mol. The van der Waals surface area contributed by atoms with E-state index in [0.29, 0.717) is 0 Å². The van der Waals surface area contributed by atoms with Crippen molar-refractivity contribution in [3.8, 4) is 0 Å². The van der Waals surface area contributed by atoms with Crippen molar-refractivity contribution in [2.45, 2.75) is 40.0 Å². The lowest BCUT2D eigenvalue weighted by Crippen LogP contribution is -1.86. The fourth-order valence-electron chi connectivity index (χ4n) is 0.789. The lowest BCUT2D eigenvalue weighted by atomic mass is 10.0. The number of hydrogen-bond acceptors (Lipinski definition) is 0. The molecule has 0 bridgehead atoms. The van der Waals surface area contributed by atoms with E-state index in [0.717, 1.165) is 17.9 Å². The minimum atomic E-state index is 0.823. The molecule has 0 fully saturated rings. The lowest BCUT2D eigenvalue weighted by Gasteiger charge is -2.02. The smallest absolute Gasteiger partial charge is 0.0320 e. The summed E-state index contributed by atoms with van der Waals surface area (Å²) < 4.78 is 0. The predicted molar refractivity (Wildman–Crippen MR) is 42.2 cm³/mol. The SMILES string of the molecule is [CH]=C(C)CCCC(C)C. The molecular formula is C9H17. The van der Waals surface area contributed by atoms with Crippen LogP contribution in [0.2, 0.25) is 0 Å². The largest absolute Gasteiger partial charge is 0.0733 e. The van der Waals surface area contributed by atoms with Gasteiger partial charge in [0.15, 0.2) is 0 Å². The standard InChI is InChI=1S/C9H17/c1-8(2)6-5-7-9(3)4/h1,9H,5-7H2,2-4H3. The quantitative estimate of drug-likeness (QED) is 0.541. The lowest BCUT2D eigenvalue weighted by molar-refractivity contribution is 0.555. The third-order valence-corrected chi connectivity index (χ3v) is 1.35. The molecule has 53 valence electrons. The highest BCUT2D eigenvalue weighted by atomic mass is 14.0. The van der Waals surface area contributed by atoms with Gasteiger partial charge in [0.25, 0.3) is 0 Å². The Morgan fingerprint density at radius 1 is 1.44 bits per heavy atom. The highest BCUT2D eigenvalue weighted by Crippen LogP contribution is 2.09. The van der Waals surface area contributed by atoms with Crippen LogP contribution in [0.1, 0.15) is 40.0 Å². The summed E-state index contributed by atoms with van der Waals surface area (Å²) in [7, 11) is 0. The average molecular weight is 125 g/mol. The summed E-state index contributed by atoms with van der Waals surface area (Å²) in [6.45, 7) is 12.0. The van der Waals surface area contributed by atoms with Gasteiger partial charge >= 0.3 is 0 Å². The minimum absolute atomic E-state index is 0.823. The Morgan fingerprint density at radius 3 is 2.33 bits per heavy atom. The third kappa shape index (κ3) is 7.74. The Bertz CT molecular complexity index is 80.0. The van der Waals surface area contributed by atoms with Crippen molar-refractivity contribution >= 4 is 0 Å². The third-order valence-electron chi connectivity index (χ3n) is 1.35. The normalized spacial score (nSPS) is 10.2. The molecule has 0 saturated heterocycles. The topological polar surface area (TPSA) is 0 Å². The molecule has 1 radical (unpaired) electrons. The van der Waals surface area contributed by atoms with E-state index in [1.54, 1.807) is 0 Å². The Hall–Kier alpha value is -0.260. The van der Waals surface area contributed by atoms with Crippen molar-refractivity contribution in [2.24, 2.45) is 5.92 Å². The van der Waals surface area contributed by atoms with Gasteiger partial charge in [0, 0.05) is 0 Å². The molecule has 0 amide bonds. The fourth-order valence-corrected chi connectivity index (χ4v) is 0.789. The predicted octanol–water partition coefficient (Wildman–Crippen LogP) is 3.19. The molecule has 0 aromatic rings. The zero-order chi connectivity index (χ0) is 7.28. The summed E-state index contributed by atoms with van der Waals surface area (Å²) in [6.07, 6.45) is 3.65. The number of hydrogen-bond donors (Lipinski definition) is 0. The van der Waals surface area contributed by atoms with Crippen LogP contribution in [-0.4, -0.2) is 0 Å². The monoisotopic (exact) mass is 125 g/mol. The van der Waals surface area contributed by atoms with E-state index < -0.39 is 0 Å². The van der Waals surface area contributed by atoms with Gasteiger partial charge in [-0.15, -0.1) is 0 Å². The summed E-state index contributed by atoms with van der Waals surface area (Å²) >= 11 is 0. The molecule has 0 saturated carbocycles. The van der Waals surface area contributed by atoms with Crippen molar-refractivity contribution in [3.05, 3.63) is 12.2 Å². The van der Waals surface area contributed by atoms with Gasteiger partial charge in [-0.05, 0) is 25.7 Å². The maximum atomic E-state index is 5.50. The number of rotatable bonds is 4. The van der Waals surface area contributed by atoms with Gasteiger partial charge in [-0.1, -0.05) is 32.4 Å².